The normalized spacial score (nSPS) is 14.7. The second-order valence-electron chi connectivity index (χ2n) is 5.67. The molecule has 0 spiro atoms. The molecule has 0 fully saturated rings. The number of carbonyl (C=O) groups excluding carboxylic acids is 1. The van der Waals surface area contributed by atoms with Crippen LogP contribution in [0.5, 0.6) is 0 Å². The van der Waals surface area contributed by atoms with Crippen LogP contribution in [0.25, 0.3) is 0 Å². The average molecular weight is 269 g/mol. The Hall–Kier alpha value is -1.65. The smallest absolute Gasteiger partial charge is 0.410 e. The van der Waals surface area contributed by atoms with Gasteiger partial charge < -0.3 is 4.74 Å². The number of ether oxygens (including phenoxy) is 1. The van der Waals surface area contributed by atoms with Gasteiger partial charge in [0, 0.05) is 18.7 Å². The van der Waals surface area contributed by atoms with Crippen molar-refractivity contribution in [2.75, 3.05) is 0 Å². The number of halogens is 2. The summed E-state index contributed by atoms with van der Waals surface area (Å²) >= 11 is 0. The quantitative estimate of drug-likeness (QED) is 0.774. The van der Waals surface area contributed by atoms with Gasteiger partial charge in [-0.25, -0.2) is 13.6 Å². The number of amides is 1. The molecular formula is C14H17F2NO2. The predicted octanol–water partition coefficient (Wildman–Crippen LogP) is 3.87. The summed E-state index contributed by atoms with van der Waals surface area (Å²) in [4.78, 5) is 13.4. The highest BCUT2D eigenvalue weighted by atomic mass is 19.3. The van der Waals surface area contributed by atoms with Crippen LogP contribution in [0.4, 0.5) is 13.6 Å². The second-order valence-corrected chi connectivity index (χ2v) is 5.67. The SMILES string of the molecule is CC(C)(C)OC(=O)N1Cc2ccc(C(F)F)cc2C1. The molecule has 0 aliphatic carbocycles. The number of fused-ring (bicyclic) bond motifs is 1. The first kappa shape index (κ1) is 13.8. The number of rotatable bonds is 1. The number of alkyl halides is 2. The van der Waals surface area contributed by atoms with Crippen LogP contribution in [0.2, 0.25) is 0 Å². The van der Waals surface area contributed by atoms with Crippen molar-refractivity contribution in [2.45, 2.75) is 45.9 Å². The van der Waals surface area contributed by atoms with E-state index in [-0.39, 0.29) is 5.56 Å². The van der Waals surface area contributed by atoms with Crippen LogP contribution < -0.4 is 0 Å². The predicted molar refractivity (Wildman–Crippen MR) is 66.9 cm³/mol. The first-order valence-electron chi connectivity index (χ1n) is 6.14. The lowest BCUT2D eigenvalue weighted by Crippen LogP contribution is -2.33. The van der Waals surface area contributed by atoms with Crippen LogP contribution in [-0.2, 0) is 17.8 Å². The Kier molecular flexibility index (Phi) is 3.47. The summed E-state index contributed by atoms with van der Waals surface area (Å²) in [5.74, 6) is 0. The maximum Gasteiger partial charge on any atom is 0.410 e. The Morgan fingerprint density at radius 3 is 2.47 bits per heavy atom. The van der Waals surface area contributed by atoms with Crippen LogP contribution in [0, 0.1) is 0 Å². The molecular weight excluding hydrogens is 252 g/mol. The van der Waals surface area contributed by atoms with Gasteiger partial charge in [-0.2, -0.15) is 0 Å². The van der Waals surface area contributed by atoms with Gasteiger partial charge in [-0.05, 0) is 38.0 Å². The molecule has 0 N–H and O–H groups in total. The molecule has 0 radical (unpaired) electrons. The Labute approximate surface area is 111 Å². The highest BCUT2D eigenvalue weighted by molar-refractivity contribution is 5.69. The lowest BCUT2D eigenvalue weighted by Gasteiger charge is -2.24. The molecule has 1 aromatic rings. The van der Waals surface area contributed by atoms with E-state index in [1.165, 1.54) is 17.0 Å². The van der Waals surface area contributed by atoms with Crippen LogP contribution in [-0.4, -0.2) is 16.6 Å². The van der Waals surface area contributed by atoms with Crippen molar-refractivity contribution in [1.29, 1.82) is 0 Å². The van der Waals surface area contributed by atoms with E-state index in [1.807, 2.05) is 0 Å². The van der Waals surface area contributed by atoms with Crippen molar-refractivity contribution in [3.63, 3.8) is 0 Å². The molecule has 0 bridgehead atoms. The zero-order chi connectivity index (χ0) is 14.2. The lowest BCUT2D eigenvalue weighted by molar-refractivity contribution is 0.0242. The Morgan fingerprint density at radius 1 is 1.26 bits per heavy atom. The zero-order valence-electron chi connectivity index (χ0n) is 11.2. The zero-order valence-corrected chi connectivity index (χ0v) is 11.2. The summed E-state index contributed by atoms with van der Waals surface area (Å²) in [7, 11) is 0. The average Bonchev–Trinajstić information content (AvgIpc) is 2.68. The number of hydrogen-bond acceptors (Lipinski definition) is 2. The highest BCUT2D eigenvalue weighted by Gasteiger charge is 2.28. The van der Waals surface area contributed by atoms with Crippen LogP contribution in [0.3, 0.4) is 0 Å². The van der Waals surface area contributed by atoms with Crippen molar-refractivity contribution in [3.05, 3.63) is 34.9 Å². The Morgan fingerprint density at radius 2 is 1.89 bits per heavy atom. The maximum absolute atomic E-state index is 12.6. The van der Waals surface area contributed by atoms with Crippen LogP contribution >= 0.6 is 0 Å². The molecule has 0 aromatic heterocycles. The minimum absolute atomic E-state index is 0.00945. The van der Waals surface area contributed by atoms with E-state index in [1.54, 1.807) is 26.8 Å². The van der Waals surface area contributed by atoms with E-state index in [0.717, 1.165) is 11.1 Å². The standard InChI is InChI=1S/C14H17F2NO2/c1-14(2,3)19-13(18)17-7-10-5-4-9(12(15)16)6-11(10)8-17/h4-6,12H,7-8H2,1-3H3. The molecule has 2 rings (SSSR count). The summed E-state index contributed by atoms with van der Waals surface area (Å²) < 4.78 is 30.5. The van der Waals surface area contributed by atoms with E-state index in [0.29, 0.717) is 13.1 Å². The molecule has 1 heterocycles. The van der Waals surface area contributed by atoms with E-state index >= 15 is 0 Å². The monoisotopic (exact) mass is 269 g/mol. The molecule has 0 saturated heterocycles. The first-order chi connectivity index (χ1) is 8.76. The van der Waals surface area contributed by atoms with Gasteiger partial charge in [-0.3, -0.25) is 4.90 Å². The van der Waals surface area contributed by atoms with Gasteiger partial charge in [0.2, 0.25) is 0 Å². The minimum atomic E-state index is -2.49. The van der Waals surface area contributed by atoms with Gasteiger partial charge in [0.15, 0.2) is 0 Å². The second kappa shape index (κ2) is 4.79. The molecule has 1 aliphatic heterocycles. The molecule has 0 unspecified atom stereocenters. The molecule has 0 saturated carbocycles. The van der Waals surface area contributed by atoms with Crippen molar-refractivity contribution in [3.8, 4) is 0 Å². The van der Waals surface area contributed by atoms with E-state index in [2.05, 4.69) is 0 Å². The summed E-state index contributed by atoms with van der Waals surface area (Å²) in [5.41, 5.74) is 1.10. The van der Waals surface area contributed by atoms with E-state index in [9.17, 15) is 13.6 Å². The first-order valence-corrected chi connectivity index (χ1v) is 6.14. The number of hydrogen-bond donors (Lipinski definition) is 0. The molecule has 5 heteroatoms. The Balaban J connectivity index is 2.10. The molecule has 19 heavy (non-hydrogen) atoms. The number of nitrogens with zero attached hydrogens (tertiary/aromatic N) is 1. The molecule has 104 valence electrons. The third-order valence-electron chi connectivity index (χ3n) is 2.86. The van der Waals surface area contributed by atoms with E-state index < -0.39 is 18.1 Å². The minimum Gasteiger partial charge on any atom is -0.444 e. The fraction of sp³-hybridized carbons (Fsp3) is 0.500. The lowest BCUT2D eigenvalue weighted by atomic mass is 10.1. The molecule has 0 atom stereocenters. The van der Waals surface area contributed by atoms with Crippen LogP contribution in [0.1, 0.15) is 43.9 Å². The molecule has 1 amide bonds. The summed E-state index contributed by atoms with van der Waals surface area (Å²) in [6.07, 6.45) is -2.90. The van der Waals surface area contributed by atoms with Gasteiger partial charge in [0.25, 0.3) is 6.43 Å². The molecule has 3 nitrogen and oxygen atoms in total. The highest BCUT2D eigenvalue weighted by Crippen LogP contribution is 2.28. The third-order valence-corrected chi connectivity index (χ3v) is 2.86. The van der Waals surface area contributed by atoms with E-state index in [4.69, 9.17) is 4.74 Å². The summed E-state index contributed by atoms with van der Waals surface area (Å²) in [6.45, 7) is 6.12. The fourth-order valence-corrected chi connectivity index (χ4v) is 2.01. The maximum atomic E-state index is 12.6. The molecule has 1 aromatic carbocycles. The van der Waals surface area contributed by atoms with Crippen LogP contribution in [0.15, 0.2) is 18.2 Å². The van der Waals surface area contributed by atoms with Crippen molar-refractivity contribution in [1.82, 2.24) is 4.90 Å². The number of benzene rings is 1. The third kappa shape index (κ3) is 3.22. The summed E-state index contributed by atoms with van der Waals surface area (Å²) in [6, 6.07) is 4.52. The molecule has 1 aliphatic rings. The topological polar surface area (TPSA) is 29.5 Å². The van der Waals surface area contributed by atoms with Crippen molar-refractivity contribution >= 4 is 6.09 Å². The van der Waals surface area contributed by atoms with Gasteiger partial charge >= 0.3 is 6.09 Å². The number of carbonyl (C=O) groups is 1. The largest absolute Gasteiger partial charge is 0.444 e. The van der Waals surface area contributed by atoms with Gasteiger partial charge in [0.05, 0.1) is 0 Å². The summed E-state index contributed by atoms with van der Waals surface area (Å²) in [5, 5.41) is 0. The van der Waals surface area contributed by atoms with Gasteiger partial charge in [-0.15, -0.1) is 0 Å². The Bertz CT molecular complexity index is 495. The fourth-order valence-electron chi connectivity index (χ4n) is 2.01. The van der Waals surface area contributed by atoms with Gasteiger partial charge in [-0.1, -0.05) is 12.1 Å². The van der Waals surface area contributed by atoms with Crippen molar-refractivity contribution in [2.24, 2.45) is 0 Å². The van der Waals surface area contributed by atoms with Crippen molar-refractivity contribution < 1.29 is 18.3 Å². The van der Waals surface area contributed by atoms with Gasteiger partial charge in [0.1, 0.15) is 5.60 Å².